The average molecular weight is 268 g/mol. The quantitative estimate of drug-likeness (QED) is 0.829. The Kier molecular flexibility index (Phi) is 5.88. The largest absolute Gasteiger partial charge is 0.405 e. The second-order valence-electron chi connectivity index (χ2n) is 5.02. The number of ether oxygens (including phenoxy) is 1. The first kappa shape index (κ1) is 15.7. The number of likely N-dealkylation sites (tertiary alicyclic amines) is 1. The summed E-state index contributed by atoms with van der Waals surface area (Å²) in [6.07, 6.45) is -2.23. The van der Waals surface area contributed by atoms with E-state index < -0.39 is 18.3 Å². The van der Waals surface area contributed by atoms with Gasteiger partial charge in [0.05, 0.1) is 6.61 Å². The van der Waals surface area contributed by atoms with Crippen LogP contribution in [0.2, 0.25) is 0 Å². The molecular formula is C12H23F3N2O. The first-order valence-electron chi connectivity index (χ1n) is 6.45. The maximum absolute atomic E-state index is 13.1. The first-order valence-corrected chi connectivity index (χ1v) is 6.45. The van der Waals surface area contributed by atoms with Crippen LogP contribution in [0.25, 0.3) is 0 Å². The van der Waals surface area contributed by atoms with Crippen molar-refractivity contribution in [3.8, 4) is 0 Å². The molecule has 1 fully saturated rings. The van der Waals surface area contributed by atoms with Crippen LogP contribution in [0.15, 0.2) is 0 Å². The van der Waals surface area contributed by atoms with E-state index in [1.165, 1.54) is 4.90 Å². The van der Waals surface area contributed by atoms with Gasteiger partial charge in [0.15, 0.2) is 0 Å². The monoisotopic (exact) mass is 268 g/mol. The third kappa shape index (κ3) is 4.10. The van der Waals surface area contributed by atoms with Crippen molar-refractivity contribution in [2.24, 2.45) is 11.7 Å². The van der Waals surface area contributed by atoms with Crippen molar-refractivity contribution in [3.63, 3.8) is 0 Å². The van der Waals surface area contributed by atoms with E-state index >= 15 is 0 Å². The van der Waals surface area contributed by atoms with Gasteiger partial charge in [-0.3, -0.25) is 4.90 Å². The molecule has 0 aromatic heterocycles. The van der Waals surface area contributed by atoms with E-state index in [9.17, 15) is 13.2 Å². The van der Waals surface area contributed by atoms with Crippen LogP contribution in [-0.2, 0) is 4.74 Å². The Morgan fingerprint density at radius 2 is 2.11 bits per heavy atom. The molecule has 3 atom stereocenters. The van der Waals surface area contributed by atoms with Gasteiger partial charge < -0.3 is 10.5 Å². The summed E-state index contributed by atoms with van der Waals surface area (Å²) in [5.41, 5.74) is 5.66. The molecule has 1 aliphatic heterocycles. The maximum atomic E-state index is 13.1. The molecule has 1 heterocycles. The summed E-state index contributed by atoms with van der Waals surface area (Å²) in [4.78, 5) is 1.49. The molecule has 18 heavy (non-hydrogen) atoms. The standard InChI is InChI=1S/C12H23F3N2O/c1-3-10(16)11(12(13,14)15)17-6-4-5-9(7-17)8-18-2/h9-11H,3-8,16H2,1-2H3. The molecule has 0 spiro atoms. The molecular weight excluding hydrogens is 245 g/mol. The van der Waals surface area contributed by atoms with Crippen LogP contribution in [-0.4, -0.2) is 50.0 Å². The first-order chi connectivity index (χ1) is 8.40. The van der Waals surface area contributed by atoms with Gasteiger partial charge in [-0.15, -0.1) is 0 Å². The van der Waals surface area contributed by atoms with E-state index in [0.29, 0.717) is 26.1 Å². The van der Waals surface area contributed by atoms with E-state index in [2.05, 4.69) is 0 Å². The van der Waals surface area contributed by atoms with Crippen LogP contribution in [0.4, 0.5) is 13.2 Å². The van der Waals surface area contributed by atoms with Crippen molar-refractivity contribution in [2.45, 2.75) is 44.4 Å². The number of methoxy groups -OCH3 is 1. The summed E-state index contributed by atoms with van der Waals surface area (Å²) < 4.78 is 44.3. The van der Waals surface area contributed by atoms with Gasteiger partial charge in [0.2, 0.25) is 0 Å². The van der Waals surface area contributed by atoms with Gasteiger partial charge in [0.1, 0.15) is 6.04 Å². The minimum absolute atomic E-state index is 0.178. The van der Waals surface area contributed by atoms with Crippen LogP contribution in [0.1, 0.15) is 26.2 Å². The summed E-state index contributed by atoms with van der Waals surface area (Å²) in [7, 11) is 1.58. The molecule has 1 aliphatic rings. The van der Waals surface area contributed by atoms with E-state index in [-0.39, 0.29) is 5.92 Å². The van der Waals surface area contributed by atoms with Crippen molar-refractivity contribution in [1.29, 1.82) is 0 Å². The predicted molar refractivity (Wildman–Crippen MR) is 64.3 cm³/mol. The average Bonchev–Trinajstić information content (AvgIpc) is 2.28. The summed E-state index contributed by atoms with van der Waals surface area (Å²) >= 11 is 0. The maximum Gasteiger partial charge on any atom is 0.405 e. The van der Waals surface area contributed by atoms with E-state index in [1.807, 2.05) is 0 Å². The summed E-state index contributed by atoms with van der Waals surface area (Å²) in [5.74, 6) is 0.178. The fraction of sp³-hybridized carbons (Fsp3) is 1.00. The number of rotatable bonds is 5. The number of hydrogen-bond acceptors (Lipinski definition) is 3. The van der Waals surface area contributed by atoms with Crippen LogP contribution in [0, 0.1) is 5.92 Å². The fourth-order valence-corrected chi connectivity index (χ4v) is 2.67. The van der Waals surface area contributed by atoms with E-state index in [1.54, 1.807) is 14.0 Å². The van der Waals surface area contributed by atoms with Crippen molar-refractivity contribution in [2.75, 3.05) is 26.8 Å². The highest BCUT2D eigenvalue weighted by Gasteiger charge is 2.47. The molecule has 0 aliphatic carbocycles. The minimum atomic E-state index is -4.26. The lowest BCUT2D eigenvalue weighted by Crippen LogP contribution is -2.58. The van der Waals surface area contributed by atoms with Crippen LogP contribution >= 0.6 is 0 Å². The molecule has 0 bridgehead atoms. The number of hydrogen-bond donors (Lipinski definition) is 1. The van der Waals surface area contributed by atoms with Crippen LogP contribution < -0.4 is 5.73 Å². The molecule has 1 saturated heterocycles. The summed E-state index contributed by atoms with van der Waals surface area (Å²) in [6, 6.07) is -2.38. The van der Waals surface area contributed by atoms with Crippen LogP contribution in [0.3, 0.4) is 0 Å². The smallest absolute Gasteiger partial charge is 0.384 e. The van der Waals surface area contributed by atoms with Gasteiger partial charge >= 0.3 is 6.18 Å². The molecule has 0 aromatic carbocycles. The van der Waals surface area contributed by atoms with Gasteiger partial charge in [-0.05, 0) is 31.7 Å². The number of nitrogens with zero attached hydrogens (tertiary/aromatic N) is 1. The molecule has 0 aromatic rings. The molecule has 108 valence electrons. The number of nitrogens with two attached hydrogens (primary N) is 1. The number of alkyl halides is 3. The zero-order valence-corrected chi connectivity index (χ0v) is 11.0. The molecule has 3 nitrogen and oxygen atoms in total. The molecule has 0 radical (unpaired) electrons. The highest BCUT2D eigenvalue weighted by molar-refractivity contribution is 4.90. The van der Waals surface area contributed by atoms with Crippen LogP contribution in [0.5, 0.6) is 0 Å². The minimum Gasteiger partial charge on any atom is -0.384 e. The lowest BCUT2D eigenvalue weighted by Gasteiger charge is -2.41. The summed E-state index contributed by atoms with van der Waals surface area (Å²) in [6.45, 7) is 3.10. The van der Waals surface area contributed by atoms with Gasteiger partial charge in [0.25, 0.3) is 0 Å². The molecule has 0 amide bonds. The fourth-order valence-electron chi connectivity index (χ4n) is 2.67. The Bertz CT molecular complexity index is 246. The van der Waals surface area contributed by atoms with Gasteiger partial charge in [-0.2, -0.15) is 13.2 Å². The zero-order valence-electron chi connectivity index (χ0n) is 11.0. The van der Waals surface area contributed by atoms with Crippen molar-refractivity contribution < 1.29 is 17.9 Å². The van der Waals surface area contributed by atoms with Crippen molar-refractivity contribution in [1.82, 2.24) is 4.90 Å². The lowest BCUT2D eigenvalue weighted by molar-refractivity contribution is -0.194. The third-order valence-corrected chi connectivity index (χ3v) is 3.56. The Labute approximate surface area is 106 Å². The van der Waals surface area contributed by atoms with Crippen molar-refractivity contribution >= 4 is 0 Å². The molecule has 3 unspecified atom stereocenters. The Hall–Kier alpha value is -0.330. The topological polar surface area (TPSA) is 38.5 Å². The molecule has 0 saturated carbocycles. The van der Waals surface area contributed by atoms with E-state index in [4.69, 9.17) is 10.5 Å². The third-order valence-electron chi connectivity index (χ3n) is 3.56. The van der Waals surface area contributed by atoms with Gasteiger partial charge in [-0.1, -0.05) is 6.92 Å². The molecule has 6 heteroatoms. The van der Waals surface area contributed by atoms with Crippen molar-refractivity contribution in [3.05, 3.63) is 0 Å². The number of piperidine rings is 1. The van der Waals surface area contributed by atoms with Gasteiger partial charge in [0, 0.05) is 19.7 Å². The van der Waals surface area contributed by atoms with Gasteiger partial charge in [-0.25, -0.2) is 0 Å². The highest BCUT2D eigenvalue weighted by atomic mass is 19.4. The SMILES string of the molecule is CCC(N)C(N1CCCC(COC)C1)C(F)(F)F. The molecule has 1 rings (SSSR count). The van der Waals surface area contributed by atoms with E-state index in [0.717, 1.165) is 12.8 Å². The summed E-state index contributed by atoms with van der Waals surface area (Å²) in [5, 5.41) is 0. The lowest BCUT2D eigenvalue weighted by atomic mass is 9.94. The predicted octanol–water partition coefficient (Wildman–Crippen LogP) is 2.01. The second-order valence-corrected chi connectivity index (χ2v) is 5.02. The number of halogens is 3. The second kappa shape index (κ2) is 6.73. The molecule has 2 N–H and O–H groups in total. The Morgan fingerprint density at radius 1 is 1.44 bits per heavy atom. The normalized spacial score (nSPS) is 26.0. The Morgan fingerprint density at radius 3 is 2.61 bits per heavy atom. The zero-order chi connectivity index (χ0) is 13.8. The Balaban J connectivity index is 2.73. The highest BCUT2D eigenvalue weighted by Crippen LogP contribution is 2.31.